The van der Waals surface area contributed by atoms with Gasteiger partial charge in [0, 0.05) is 32.4 Å². The van der Waals surface area contributed by atoms with E-state index in [1.165, 1.54) is 6.20 Å². The predicted octanol–water partition coefficient (Wildman–Crippen LogP) is -0.641. The Morgan fingerprint density at radius 2 is 2.23 bits per heavy atom. The van der Waals surface area contributed by atoms with Gasteiger partial charge in [-0.3, -0.25) is 4.79 Å². The molecule has 1 heterocycles. The van der Waals surface area contributed by atoms with Gasteiger partial charge in [-0.05, 0) is 0 Å². The van der Waals surface area contributed by atoms with Gasteiger partial charge in [0.25, 0.3) is 0 Å². The number of carbonyl (C=O) groups is 2. The molecule has 0 aromatic carbocycles. The number of hydrogen-bond acceptors (Lipinski definition) is 3. The number of piperazine rings is 1. The van der Waals surface area contributed by atoms with E-state index >= 15 is 0 Å². The van der Waals surface area contributed by atoms with Crippen LogP contribution in [0.5, 0.6) is 0 Å². The van der Waals surface area contributed by atoms with Gasteiger partial charge in [0.2, 0.25) is 5.91 Å². The van der Waals surface area contributed by atoms with E-state index in [0.717, 1.165) is 6.08 Å². The van der Waals surface area contributed by atoms with Gasteiger partial charge in [-0.25, -0.2) is 4.79 Å². The molecule has 0 atom stereocenters. The van der Waals surface area contributed by atoms with Gasteiger partial charge in [-0.1, -0.05) is 0 Å². The molecule has 0 aromatic rings. The summed E-state index contributed by atoms with van der Waals surface area (Å²) in [6, 6.07) is 0. The van der Waals surface area contributed by atoms with Crippen LogP contribution < -0.4 is 0 Å². The molecular formula is C8H12N2O3. The highest BCUT2D eigenvalue weighted by Crippen LogP contribution is 2.00. The Hall–Kier alpha value is -1.52. The van der Waals surface area contributed by atoms with E-state index in [0.29, 0.717) is 13.1 Å². The van der Waals surface area contributed by atoms with Crippen LogP contribution in [-0.4, -0.2) is 53.5 Å². The van der Waals surface area contributed by atoms with E-state index in [-0.39, 0.29) is 12.5 Å². The molecule has 1 N–H and O–H groups in total. The van der Waals surface area contributed by atoms with Crippen LogP contribution in [0, 0.1) is 0 Å². The van der Waals surface area contributed by atoms with Crippen molar-refractivity contribution in [2.75, 3.05) is 26.7 Å². The molecule has 1 aliphatic rings. The number of rotatable bonds is 2. The zero-order valence-electron chi connectivity index (χ0n) is 7.43. The van der Waals surface area contributed by atoms with Gasteiger partial charge in [0.15, 0.2) is 0 Å². The molecule has 0 unspecified atom stereocenters. The Morgan fingerprint density at radius 3 is 2.77 bits per heavy atom. The molecule has 1 fully saturated rings. The lowest BCUT2D eigenvalue weighted by molar-refractivity contribution is -0.134. The summed E-state index contributed by atoms with van der Waals surface area (Å²) in [5.74, 6) is -0.979. The van der Waals surface area contributed by atoms with Gasteiger partial charge in [-0.2, -0.15) is 0 Å². The first-order valence-corrected chi connectivity index (χ1v) is 3.99. The van der Waals surface area contributed by atoms with Gasteiger partial charge in [-0.15, -0.1) is 0 Å². The SMILES string of the molecule is CN1CCN(C=CC(=O)O)CC1=O. The van der Waals surface area contributed by atoms with E-state index in [2.05, 4.69) is 0 Å². The van der Waals surface area contributed by atoms with E-state index in [1.54, 1.807) is 16.8 Å². The van der Waals surface area contributed by atoms with Crippen LogP contribution in [-0.2, 0) is 9.59 Å². The van der Waals surface area contributed by atoms with Crippen molar-refractivity contribution in [1.29, 1.82) is 0 Å². The second-order valence-corrected chi connectivity index (χ2v) is 2.94. The minimum atomic E-state index is -0.994. The first-order chi connectivity index (χ1) is 6.09. The summed E-state index contributed by atoms with van der Waals surface area (Å²) in [5.41, 5.74) is 0. The van der Waals surface area contributed by atoms with E-state index < -0.39 is 5.97 Å². The van der Waals surface area contributed by atoms with E-state index in [4.69, 9.17) is 5.11 Å². The molecule has 1 aliphatic heterocycles. The van der Waals surface area contributed by atoms with Crippen LogP contribution in [0.15, 0.2) is 12.3 Å². The highest BCUT2D eigenvalue weighted by Gasteiger charge is 2.17. The minimum Gasteiger partial charge on any atom is -0.478 e. The molecule has 1 amide bonds. The fourth-order valence-corrected chi connectivity index (χ4v) is 1.07. The van der Waals surface area contributed by atoms with Gasteiger partial charge >= 0.3 is 5.97 Å². The molecule has 1 saturated heterocycles. The highest BCUT2D eigenvalue weighted by atomic mass is 16.4. The number of amides is 1. The van der Waals surface area contributed by atoms with Crippen molar-refractivity contribution in [1.82, 2.24) is 9.80 Å². The number of carboxylic acid groups (broad SMARTS) is 1. The zero-order valence-corrected chi connectivity index (χ0v) is 7.43. The topological polar surface area (TPSA) is 60.9 Å². The second kappa shape index (κ2) is 3.93. The third-order valence-electron chi connectivity index (χ3n) is 1.91. The van der Waals surface area contributed by atoms with Crippen LogP contribution in [0.25, 0.3) is 0 Å². The summed E-state index contributed by atoms with van der Waals surface area (Å²) in [5, 5.41) is 8.35. The van der Waals surface area contributed by atoms with Crippen LogP contribution in [0.4, 0.5) is 0 Å². The number of carbonyl (C=O) groups excluding carboxylic acids is 1. The van der Waals surface area contributed by atoms with Crippen LogP contribution in [0.2, 0.25) is 0 Å². The zero-order chi connectivity index (χ0) is 9.84. The number of nitrogens with zero attached hydrogens (tertiary/aromatic N) is 2. The van der Waals surface area contributed by atoms with Crippen LogP contribution in [0.1, 0.15) is 0 Å². The maximum absolute atomic E-state index is 11.2. The molecule has 0 spiro atoms. The molecule has 1 rings (SSSR count). The summed E-state index contributed by atoms with van der Waals surface area (Å²) in [7, 11) is 1.74. The summed E-state index contributed by atoms with van der Waals surface area (Å²) in [6.07, 6.45) is 2.48. The van der Waals surface area contributed by atoms with Gasteiger partial charge in [0.05, 0.1) is 6.54 Å². The van der Waals surface area contributed by atoms with Crippen molar-refractivity contribution in [2.24, 2.45) is 0 Å². The average Bonchev–Trinajstić information content (AvgIpc) is 2.07. The van der Waals surface area contributed by atoms with Crippen molar-refractivity contribution in [3.8, 4) is 0 Å². The number of likely N-dealkylation sites (N-methyl/N-ethyl adjacent to an activating group) is 1. The fourth-order valence-electron chi connectivity index (χ4n) is 1.07. The largest absolute Gasteiger partial charge is 0.478 e. The normalized spacial score (nSPS) is 18.4. The Kier molecular flexibility index (Phi) is 2.89. The molecule has 0 saturated carbocycles. The Morgan fingerprint density at radius 1 is 1.54 bits per heavy atom. The van der Waals surface area contributed by atoms with Crippen LogP contribution >= 0.6 is 0 Å². The average molecular weight is 184 g/mol. The summed E-state index contributed by atoms with van der Waals surface area (Å²) >= 11 is 0. The van der Waals surface area contributed by atoms with E-state index in [1.807, 2.05) is 0 Å². The summed E-state index contributed by atoms with van der Waals surface area (Å²) < 4.78 is 0. The minimum absolute atomic E-state index is 0.0151. The quantitative estimate of drug-likeness (QED) is 0.580. The third kappa shape index (κ3) is 2.77. The standard InChI is InChI=1S/C8H12N2O3/c1-9-4-5-10(6-7(9)11)3-2-8(12)13/h2-3H,4-6H2,1H3,(H,12,13). The number of carboxylic acids is 1. The number of aliphatic carboxylic acids is 1. The first-order valence-electron chi connectivity index (χ1n) is 3.99. The highest BCUT2D eigenvalue weighted by molar-refractivity contribution is 5.81. The summed E-state index contributed by atoms with van der Waals surface area (Å²) in [4.78, 5) is 24.7. The molecule has 72 valence electrons. The van der Waals surface area contributed by atoms with Crippen molar-refractivity contribution >= 4 is 11.9 Å². The smallest absolute Gasteiger partial charge is 0.329 e. The predicted molar refractivity (Wildman–Crippen MR) is 46.0 cm³/mol. The summed E-state index contributed by atoms with van der Waals surface area (Å²) in [6.45, 7) is 1.59. The first kappa shape index (κ1) is 9.57. The molecule has 0 aliphatic carbocycles. The molecule has 5 heteroatoms. The van der Waals surface area contributed by atoms with Crippen molar-refractivity contribution < 1.29 is 14.7 Å². The lowest BCUT2D eigenvalue weighted by Gasteiger charge is -2.30. The van der Waals surface area contributed by atoms with Gasteiger partial charge in [0.1, 0.15) is 0 Å². The fraction of sp³-hybridized carbons (Fsp3) is 0.500. The van der Waals surface area contributed by atoms with Crippen LogP contribution in [0.3, 0.4) is 0 Å². The third-order valence-corrected chi connectivity index (χ3v) is 1.91. The Labute approximate surface area is 76.2 Å². The molecular weight excluding hydrogens is 172 g/mol. The molecule has 5 nitrogen and oxygen atoms in total. The van der Waals surface area contributed by atoms with Gasteiger partial charge < -0.3 is 14.9 Å². The Bertz CT molecular complexity index is 250. The lowest BCUT2D eigenvalue weighted by atomic mass is 10.3. The monoisotopic (exact) mass is 184 g/mol. The van der Waals surface area contributed by atoms with E-state index in [9.17, 15) is 9.59 Å². The van der Waals surface area contributed by atoms with Crippen molar-refractivity contribution in [3.63, 3.8) is 0 Å². The second-order valence-electron chi connectivity index (χ2n) is 2.94. The molecule has 0 bridgehead atoms. The maximum Gasteiger partial charge on any atom is 0.329 e. The van der Waals surface area contributed by atoms with Crippen molar-refractivity contribution in [2.45, 2.75) is 0 Å². The maximum atomic E-state index is 11.2. The molecule has 13 heavy (non-hydrogen) atoms. The number of hydrogen-bond donors (Lipinski definition) is 1. The Balaban J connectivity index is 2.46. The molecule has 0 aromatic heterocycles. The molecule has 0 radical (unpaired) electrons. The van der Waals surface area contributed by atoms with Crippen molar-refractivity contribution in [3.05, 3.63) is 12.3 Å². The lowest BCUT2D eigenvalue weighted by Crippen LogP contribution is -2.46.